The van der Waals surface area contributed by atoms with Gasteiger partial charge in [0.2, 0.25) is 0 Å². The second-order valence-corrected chi connectivity index (χ2v) is 6.41. The Balaban J connectivity index is 1.72. The average Bonchev–Trinajstić information content (AvgIpc) is 3.34. The van der Waals surface area contributed by atoms with Gasteiger partial charge in [0, 0.05) is 6.42 Å². The summed E-state index contributed by atoms with van der Waals surface area (Å²) < 4.78 is 5.43. The van der Waals surface area contributed by atoms with Crippen molar-refractivity contribution in [1.29, 1.82) is 0 Å². The molecular formula is C18H14N2O3S. The van der Waals surface area contributed by atoms with Gasteiger partial charge in [0.1, 0.15) is 17.2 Å². The highest BCUT2D eigenvalue weighted by molar-refractivity contribution is 7.12. The van der Waals surface area contributed by atoms with Crippen molar-refractivity contribution in [3.63, 3.8) is 0 Å². The van der Waals surface area contributed by atoms with Crippen LogP contribution in [-0.2, 0) is 0 Å². The molecule has 0 saturated heterocycles. The third-order valence-corrected chi connectivity index (χ3v) is 4.79. The van der Waals surface area contributed by atoms with E-state index in [0.29, 0.717) is 17.1 Å². The monoisotopic (exact) mass is 338 g/mol. The van der Waals surface area contributed by atoms with E-state index in [2.05, 4.69) is 5.10 Å². The fraction of sp³-hybridized carbons (Fsp3) is 0.111. The Kier molecular flexibility index (Phi) is 3.66. The lowest BCUT2D eigenvalue weighted by molar-refractivity contribution is 0.0716. The summed E-state index contributed by atoms with van der Waals surface area (Å²) in [7, 11) is 0. The van der Waals surface area contributed by atoms with Crippen LogP contribution >= 0.6 is 11.3 Å². The Hall–Kier alpha value is -2.86. The summed E-state index contributed by atoms with van der Waals surface area (Å²) in [6.07, 6.45) is 2.16. The Labute approximate surface area is 142 Å². The molecule has 1 amide bonds. The van der Waals surface area contributed by atoms with Crippen LogP contribution in [0.5, 0.6) is 5.75 Å². The molecule has 3 aromatic rings. The van der Waals surface area contributed by atoms with Crippen molar-refractivity contribution < 1.29 is 14.3 Å². The van der Waals surface area contributed by atoms with E-state index in [1.165, 1.54) is 16.3 Å². The van der Waals surface area contributed by atoms with Crippen LogP contribution in [0.2, 0.25) is 0 Å². The molecule has 5 nitrogen and oxygen atoms in total. The number of amides is 1. The Morgan fingerprint density at radius 2 is 2.04 bits per heavy atom. The first-order valence-electron chi connectivity index (χ1n) is 7.50. The second kappa shape index (κ2) is 5.98. The second-order valence-electron chi connectivity index (χ2n) is 5.46. The molecule has 1 aliphatic rings. The Bertz CT molecular complexity index is 868. The largest absolute Gasteiger partial charge is 0.508 e. The van der Waals surface area contributed by atoms with Gasteiger partial charge in [-0.3, -0.25) is 4.79 Å². The number of thiophene rings is 1. The van der Waals surface area contributed by atoms with E-state index in [1.54, 1.807) is 30.5 Å². The van der Waals surface area contributed by atoms with Crippen molar-refractivity contribution in [2.24, 2.45) is 5.10 Å². The quantitative estimate of drug-likeness (QED) is 0.784. The number of hydrazone groups is 1. The minimum atomic E-state index is -0.222. The van der Waals surface area contributed by atoms with Gasteiger partial charge < -0.3 is 9.52 Å². The van der Waals surface area contributed by atoms with E-state index in [1.807, 2.05) is 29.6 Å². The van der Waals surface area contributed by atoms with E-state index in [-0.39, 0.29) is 17.7 Å². The van der Waals surface area contributed by atoms with Gasteiger partial charge in [-0.25, -0.2) is 5.01 Å². The highest BCUT2D eigenvalue weighted by Gasteiger charge is 2.34. The number of phenolic OH excluding ortho intramolecular Hbond substituents is 1. The van der Waals surface area contributed by atoms with E-state index >= 15 is 0 Å². The number of benzene rings is 1. The molecule has 0 fully saturated rings. The van der Waals surface area contributed by atoms with Crippen molar-refractivity contribution in [3.05, 3.63) is 76.4 Å². The SMILES string of the molecule is O=C(c1cccs1)N1N=C(c2ccco2)C[C@H]1c1ccc(O)cc1. The van der Waals surface area contributed by atoms with Gasteiger partial charge in [-0.1, -0.05) is 18.2 Å². The third kappa shape index (κ3) is 2.61. The van der Waals surface area contributed by atoms with Crippen molar-refractivity contribution in [3.8, 4) is 5.75 Å². The molecule has 1 aromatic carbocycles. The third-order valence-electron chi connectivity index (χ3n) is 3.93. The van der Waals surface area contributed by atoms with Crippen LogP contribution in [-0.4, -0.2) is 21.7 Å². The lowest BCUT2D eigenvalue weighted by Crippen LogP contribution is -2.26. The van der Waals surface area contributed by atoms with Crippen molar-refractivity contribution >= 4 is 23.0 Å². The zero-order valence-corrected chi connectivity index (χ0v) is 13.4. The smallest absolute Gasteiger partial charge is 0.284 e. The average molecular weight is 338 g/mol. The van der Waals surface area contributed by atoms with E-state index in [0.717, 1.165) is 11.3 Å². The summed E-state index contributed by atoms with van der Waals surface area (Å²) in [6, 6.07) is 13.9. The summed E-state index contributed by atoms with van der Waals surface area (Å²) in [6.45, 7) is 0. The zero-order chi connectivity index (χ0) is 16.5. The van der Waals surface area contributed by atoms with E-state index in [4.69, 9.17) is 4.42 Å². The van der Waals surface area contributed by atoms with Gasteiger partial charge in [0.15, 0.2) is 0 Å². The van der Waals surface area contributed by atoms with Gasteiger partial charge >= 0.3 is 0 Å². The summed E-state index contributed by atoms with van der Waals surface area (Å²) >= 11 is 1.39. The molecule has 0 aliphatic carbocycles. The molecule has 6 heteroatoms. The fourth-order valence-electron chi connectivity index (χ4n) is 2.76. The lowest BCUT2D eigenvalue weighted by atomic mass is 10.0. The molecule has 0 saturated carbocycles. The molecule has 4 rings (SSSR count). The number of carbonyl (C=O) groups is 1. The van der Waals surface area contributed by atoms with Crippen LogP contribution < -0.4 is 0 Å². The molecule has 0 radical (unpaired) electrons. The summed E-state index contributed by atoms with van der Waals surface area (Å²) in [4.78, 5) is 13.5. The maximum atomic E-state index is 12.8. The number of rotatable bonds is 3. The maximum absolute atomic E-state index is 12.8. The van der Waals surface area contributed by atoms with Gasteiger partial charge in [0.25, 0.3) is 5.91 Å². The number of aromatic hydroxyl groups is 1. The lowest BCUT2D eigenvalue weighted by Gasteiger charge is -2.21. The van der Waals surface area contributed by atoms with Gasteiger partial charge in [-0.2, -0.15) is 5.10 Å². The zero-order valence-electron chi connectivity index (χ0n) is 12.6. The van der Waals surface area contributed by atoms with Crippen LogP contribution in [0.3, 0.4) is 0 Å². The molecule has 1 N–H and O–H groups in total. The first-order chi connectivity index (χ1) is 11.7. The van der Waals surface area contributed by atoms with Crippen molar-refractivity contribution in [2.45, 2.75) is 12.5 Å². The van der Waals surface area contributed by atoms with Gasteiger partial charge in [-0.05, 0) is 41.3 Å². The summed E-state index contributed by atoms with van der Waals surface area (Å²) in [5.74, 6) is 0.727. The molecule has 0 spiro atoms. The molecule has 0 bridgehead atoms. The first-order valence-corrected chi connectivity index (χ1v) is 8.37. The summed E-state index contributed by atoms with van der Waals surface area (Å²) in [5.41, 5.74) is 1.66. The van der Waals surface area contributed by atoms with Crippen LogP contribution in [0, 0.1) is 0 Å². The van der Waals surface area contributed by atoms with Crippen LogP contribution in [0.4, 0.5) is 0 Å². The molecule has 0 unspecified atom stereocenters. The molecular weight excluding hydrogens is 324 g/mol. The normalized spacial score (nSPS) is 17.1. The molecule has 120 valence electrons. The molecule has 24 heavy (non-hydrogen) atoms. The van der Waals surface area contributed by atoms with Crippen LogP contribution in [0.15, 0.2) is 69.7 Å². The highest BCUT2D eigenvalue weighted by atomic mass is 32.1. The van der Waals surface area contributed by atoms with Crippen molar-refractivity contribution in [1.82, 2.24) is 5.01 Å². The van der Waals surface area contributed by atoms with Gasteiger partial charge in [0.05, 0.1) is 17.2 Å². The van der Waals surface area contributed by atoms with Crippen LogP contribution in [0.1, 0.15) is 33.5 Å². The number of hydrogen-bond donors (Lipinski definition) is 1. The van der Waals surface area contributed by atoms with Crippen molar-refractivity contribution in [2.75, 3.05) is 0 Å². The number of hydrogen-bond acceptors (Lipinski definition) is 5. The Morgan fingerprint density at radius 3 is 2.71 bits per heavy atom. The predicted molar refractivity (Wildman–Crippen MR) is 91.2 cm³/mol. The highest BCUT2D eigenvalue weighted by Crippen LogP contribution is 2.35. The predicted octanol–water partition coefficient (Wildman–Crippen LogP) is 4.04. The maximum Gasteiger partial charge on any atom is 0.284 e. The Morgan fingerprint density at radius 1 is 1.21 bits per heavy atom. The van der Waals surface area contributed by atoms with Gasteiger partial charge in [-0.15, -0.1) is 11.3 Å². The minimum absolute atomic E-state index is 0.135. The minimum Gasteiger partial charge on any atom is -0.508 e. The van der Waals surface area contributed by atoms with E-state index in [9.17, 15) is 9.90 Å². The fourth-order valence-corrected chi connectivity index (χ4v) is 3.41. The first kappa shape index (κ1) is 14.7. The van der Waals surface area contributed by atoms with E-state index < -0.39 is 0 Å². The number of nitrogens with zero attached hydrogens (tertiary/aromatic N) is 2. The standard InChI is InChI=1S/C18H14N2O3S/c21-13-7-5-12(6-8-13)15-11-14(16-3-1-9-23-16)19-20(15)18(22)17-4-2-10-24-17/h1-10,15,21H,11H2/t15-/m0/s1. The number of furan rings is 1. The number of phenols is 1. The molecule has 1 aliphatic heterocycles. The topological polar surface area (TPSA) is 66.0 Å². The molecule has 3 heterocycles. The number of carbonyl (C=O) groups excluding carboxylic acids is 1. The molecule has 2 aromatic heterocycles. The summed E-state index contributed by atoms with van der Waals surface area (Å²) in [5, 5.41) is 17.4. The molecule has 1 atom stereocenters. The van der Waals surface area contributed by atoms with Crippen LogP contribution in [0.25, 0.3) is 0 Å².